The number of benzene rings is 2. The highest BCUT2D eigenvalue weighted by Gasteiger charge is 2.15. The van der Waals surface area contributed by atoms with Gasteiger partial charge in [-0.3, -0.25) is 0 Å². The molecule has 22 heavy (non-hydrogen) atoms. The number of nitriles is 1. The zero-order valence-electron chi connectivity index (χ0n) is 11.4. The Balaban J connectivity index is 2.04. The molecule has 3 aromatic rings. The van der Waals surface area contributed by atoms with Crippen LogP contribution < -0.4 is 0 Å². The summed E-state index contributed by atoms with van der Waals surface area (Å²) >= 11 is 0. The Bertz CT molecular complexity index is 847. The Hall–Kier alpha value is -3.07. The summed E-state index contributed by atoms with van der Waals surface area (Å²) < 4.78 is 27.9. The standard InChI is InChI=1S/C16H10F2N4/c17-13-6-4-11(5-7-13)10-22-16(15(9-19)20-21-22)12-2-1-3-14(18)8-12/h1-8H,10H2. The lowest BCUT2D eigenvalue weighted by atomic mass is 10.1. The third-order valence-electron chi connectivity index (χ3n) is 3.18. The fourth-order valence-electron chi connectivity index (χ4n) is 2.18. The highest BCUT2D eigenvalue weighted by molar-refractivity contribution is 5.64. The Morgan fingerprint density at radius 2 is 1.82 bits per heavy atom. The summed E-state index contributed by atoms with van der Waals surface area (Å²) in [6.45, 7) is 0.306. The molecular weight excluding hydrogens is 286 g/mol. The first kappa shape index (κ1) is 13.9. The summed E-state index contributed by atoms with van der Waals surface area (Å²) in [5.74, 6) is -0.735. The van der Waals surface area contributed by atoms with E-state index < -0.39 is 5.82 Å². The third-order valence-corrected chi connectivity index (χ3v) is 3.18. The number of hydrogen-bond donors (Lipinski definition) is 0. The molecule has 0 N–H and O–H groups in total. The van der Waals surface area contributed by atoms with Crippen molar-refractivity contribution in [3.05, 3.63) is 71.4 Å². The minimum Gasteiger partial charge on any atom is -0.239 e. The van der Waals surface area contributed by atoms with Gasteiger partial charge in [-0.1, -0.05) is 29.5 Å². The average molecular weight is 296 g/mol. The maximum Gasteiger partial charge on any atom is 0.190 e. The van der Waals surface area contributed by atoms with Gasteiger partial charge in [-0.15, -0.1) is 5.10 Å². The van der Waals surface area contributed by atoms with Gasteiger partial charge in [0.1, 0.15) is 23.4 Å². The Labute approximate surface area is 125 Å². The van der Waals surface area contributed by atoms with Crippen LogP contribution >= 0.6 is 0 Å². The van der Waals surface area contributed by atoms with E-state index in [4.69, 9.17) is 5.26 Å². The molecule has 0 amide bonds. The zero-order valence-corrected chi connectivity index (χ0v) is 11.4. The van der Waals surface area contributed by atoms with Crippen molar-refractivity contribution in [2.24, 2.45) is 0 Å². The van der Waals surface area contributed by atoms with Crippen LogP contribution in [0.2, 0.25) is 0 Å². The van der Waals surface area contributed by atoms with E-state index >= 15 is 0 Å². The van der Waals surface area contributed by atoms with Crippen LogP contribution in [0.4, 0.5) is 8.78 Å². The fraction of sp³-hybridized carbons (Fsp3) is 0.0625. The van der Waals surface area contributed by atoms with Crippen LogP contribution in [0.3, 0.4) is 0 Å². The minimum absolute atomic E-state index is 0.118. The summed E-state index contributed by atoms with van der Waals surface area (Å²) in [6.07, 6.45) is 0. The van der Waals surface area contributed by atoms with E-state index in [1.807, 2.05) is 6.07 Å². The monoisotopic (exact) mass is 296 g/mol. The van der Waals surface area contributed by atoms with E-state index in [9.17, 15) is 8.78 Å². The van der Waals surface area contributed by atoms with Crippen molar-refractivity contribution in [3.63, 3.8) is 0 Å². The first-order valence-corrected chi connectivity index (χ1v) is 6.51. The molecule has 0 bridgehead atoms. The molecule has 2 aromatic carbocycles. The summed E-state index contributed by atoms with van der Waals surface area (Å²) in [7, 11) is 0. The largest absolute Gasteiger partial charge is 0.239 e. The molecule has 4 nitrogen and oxygen atoms in total. The highest BCUT2D eigenvalue weighted by Crippen LogP contribution is 2.23. The topological polar surface area (TPSA) is 54.5 Å². The molecule has 0 unspecified atom stereocenters. The lowest BCUT2D eigenvalue weighted by Crippen LogP contribution is -2.04. The van der Waals surface area contributed by atoms with Crippen LogP contribution in [0.25, 0.3) is 11.3 Å². The molecule has 6 heteroatoms. The first-order chi connectivity index (χ1) is 10.7. The number of hydrogen-bond acceptors (Lipinski definition) is 3. The molecule has 0 fully saturated rings. The second-order valence-corrected chi connectivity index (χ2v) is 4.69. The van der Waals surface area contributed by atoms with Gasteiger partial charge in [-0.25, -0.2) is 13.5 Å². The normalized spacial score (nSPS) is 10.4. The predicted octanol–water partition coefficient (Wildman–Crippen LogP) is 3.14. The van der Waals surface area contributed by atoms with Gasteiger partial charge in [-0.2, -0.15) is 5.26 Å². The molecular formula is C16H10F2N4. The van der Waals surface area contributed by atoms with E-state index in [-0.39, 0.29) is 11.5 Å². The lowest BCUT2D eigenvalue weighted by molar-refractivity contribution is 0.621. The van der Waals surface area contributed by atoms with Crippen LogP contribution in [-0.2, 0) is 6.54 Å². The molecule has 108 valence electrons. The van der Waals surface area contributed by atoms with Gasteiger partial charge >= 0.3 is 0 Å². The van der Waals surface area contributed by atoms with Gasteiger partial charge in [0.05, 0.1) is 6.54 Å². The molecule has 0 saturated heterocycles. The average Bonchev–Trinajstić information content (AvgIpc) is 2.92. The first-order valence-electron chi connectivity index (χ1n) is 6.51. The quantitative estimate of drug-likeness (QED) is 0.746. The Morgan fingerprint density at radius 1 is 1.05 bits per heavy atom. The smallest absolute Gasteiger partial charge is 0.190 e. The predicted molar refractivity (Wildman–Crippen MR) is 75.6 cm³/mol. The van der Waals surface area contributed by atoms with Crippen LogP contribution in [-0.4, -0.2) is 15.0 Å². The highest BCUT2D eigenvalue weighted by atomic mass is 19.1. The van der Waals surface area contributed by atoms with Gasteiger partial charge in [0.15, 0.2) is 5.69 Å². The van der Waals surface area contributed by atoms with Crippen LogP contribution in [0.15, 0.2) is 48.5 Å². The van der Waals surface area contributed by atoms with Gasteiger partial charge in [0.2, 0.25) is 0 Å². The summed E-state index contributed by atoms with van der Waals surface area (Å²) in [5, 5.41) is 16.9. The molecule has 3 rings (SSSR count). The van der Waals surface area contributed by atoms with Crippen molar-refractivity contribution >= 4 is 0 Å². The second kappa shape index (κ2) is 5.74. The van der Waals surface area contributed by atoms with E-state index in [2.05, 4.69) is 10.3 Å². The van der Waals surface area contributed by atoms with Crippen molar-refractivity contribution in [1.29, 1.82) is 5.26 Å². The van der Waals surface area contributed by atoms with E-state index in [0.717, 1.165) is 5.56 Å². The second-order valence-electron chi connectivity index (χ2n) is 4.69. The maximum absolute atomic E-state index is 13.4. The fourth-order valence-corrected chi connectivity index (χ4v) is 2.18. The van der Waals surface area contributed by atoms with Crippen LogP contribution in [0.1, 0.15) is 11.3 Å². The number of aromatic nitrogens is 3. The number of nitrogens with zero attached hydrogens (tertiary/aromatic N) is 4. The van der Waals surface area contributed by atoms with Gasteiger partial charge in [0.25, 0.3) is 0 Å². The molecule has 1 aromatic heterocycles. The van der Waals surface area contributed by atoms with Crippen LogP contribution in [0.5, 0.6) is 0 Å². The molecule has 0 saturated carbocycles. The molecule has 1 heterocycles. The Morgan fingerprint density at radius 3 is 2.50 bits per heavy atom. The van der Waals surface area contributed by atoms with Gasteiger partial charge < -0.3 is 0 Å². The van der Waals surface area contributed by atoms with Crippen molar-refractivity contribution in [3.8, 4) is 17.3 Å². The third kappa shape index (κ3) is 2.69. The molecule has 0 radical (unpaired) electrons. The summed E-state index contributed by atoms with van der Waals surface area (Å²) in [6, 6.07) is 13.8. The SMILES string of the molecule is N#Cc1nnn(Cc2ccc(F)cc2)c1-c1cccc(F)c1. The van der Waals surface area contributed by atoms with Gasteiger partial charge in [0, 0.05) is 5.56 Å². The number of halogens is 2. The van der Waals surface area contributed by atoms with E-state index in [0.29, 0.717) is 17.8 Å². The van der Waals surface area contributed by atoms with Crippen molar-refractivity contribution in [2.45, 2.75) is 6.54 Å². The molecule has 0 aliphatic carbocycles. The molecule has 0 spiro atoms. The van der Waals surface area contributed by atoms with E-state index in [1.54, 1.807) is 24.3 Å². The lowest BCUT2D eigenvalue weighted by Gasteiger charge is -2.07. The summed E-state index contributed by atoms with van der Waals surface area (Å²) in [5.41, 5.74) is 1.87. The van der Waals surface area contributed by atoms with Crippen molar-refractivity contribution < 1.29 is 8.78 Å². The molecule has 0 aliphatic heterocycles. The molecule has 0 aliphatic rings. The number of rotatable bonds is 3. The zero-order chi connectivity index (χ0) is 15.5. The van der Waals surface area contributed by atoms with E-state index in [1.165, 1.54) is 28.9 Å². The minimum atomic E-state index is -0.407. The van der Waals surface area contributed by atoms with Crippen molar-refractivity contribution in [1.82, 2.24) is 15.0 Å². The van der Waals surface area contributed by atoms with Crippen molar-refractivity contribution in [2.75, 3.05) is 0 Å². The summed E-state index contributed by atoms with van der Waals surface area (Å²) in [4.78, 5) is 0. The maximum atomic E-state index is 13.4. The van der Waals surface area contributed by atoms with Crippen LogP contribution in [0, 0.1) is 23.0 Å². The van der Waals surface area contributed by atoms with Gasteiger partial charge in [-0.05, 0) is 29.8 Å². The molecule has 0 atom stereocenters. The Kier molecular flexibility index (Phi) is 3.62.